The molecule has 1 aliphatic carbocycles. The Morgan fingerprint density at radius 3 is 2.17 bits per heavy atom. The molecule has 12 heavy (non-hydrogen) atoms. The second kappa shape index (κ2) is 7.35. The van der Waals surface area contributed by atoms with E-state index in [2.05, 4.69) is 13.5 Å². The number of hydrogen-bond acceptors (Lipinski definition) is 1. The Bertz CT molecular complexity index is 110. The van der Waals surface area contributed by atoms with Crippen molar-refractivity contribution in [2.45, 2.75) is 45.6 Å². The molecule has 0 aromatic carbocycles. The van der Waals surface area contributed by atoms with Crippen LogP contribution in [-0.4, -0.2) is 13.2 Å². The van der Waals surface area contributed by atoms with Gasteiger partial charge in [0, 0.05) is 7.11 Å². The van der Waals surface area contributed by atoms with Crippen LogP contribution in [0.4, 0.5) is 0 Å². The highest BCUT2D eigenvalue weighted by atomic mass is 16.5. The van der Waals surface area contributed by atoms with E-state index in [9.17, 15) is 0 Å². The molecule has 1 nitrogen and oxygen atoms in total. The molecule has 2 atom stereocenters. The van der Waals surface area contributed by atoms with Crippen molar-refractivity contribution in [3.8, 4) is 0 Å². The van der Waals surface area contributed by atoms with Gasteiger partial charge in [0.2, 0.25) is 0 Å². The van der Waals surface area contributed by atoms with Gasteiger partial charge in [0.25, 0.3) is 0 Å². The molecule has 0 aromatic heterocycles. The largest absolute Gasteiger partial charge is 0.381 e. The summed E-state index contributed by atoms with van der Waals surface area (Å²) in [6.07, 6.45) is 7.71. The topological polar surface area (TPSA) is 9.23 Å². The predicted molar refractivity (Wildman–Crippen MR) is 54.3 cm³/mol. The van der Waals surface area contributed by atoms with Gasteiger partial charge >= 0.3 is 0 Å². The molecule has 0 aliphatic heterocycles. The summed E-state index contributed by atoms with van der Waals surface area (Å²) in [7, 11) is 1.83. The van der Waals surface area contributed by atoms with Crippen molar-refractivity contribution >= 4 is 0 Å². The first-order valence-corrected chi connectivity index (χ1v) is 4.86. The molecule has 0 spiro atoms. The molecule has 0 heterocycles. The van der Waals surface area contributed by atoms with Crippen LogP contribution in [0.5, 0.6) is 0 Å². The smallest absolute Gasteiger partial charge is 0.0596 e. The minimum absolute atomic E-state index is 0.554. The average Bonchev–Trinajstić information content (AvgIpc) is 2.07. The van der Waals surface area contributed by atoms with Gasteiger partial charge < -0.3 is 4.74 Å². The van der Waals surface area contributed by atoms with Crippen LogP contribution in [-0.2, 0) is 4.74 Å². The molecule has 1 aliphatic rings. The van der Waals surface area contributed by atoms with Crippen molar-refractivity contribution < 1.29 is 4.74 Å². The Morgan fingerprint density at radius 2 is 1.83 bits per heavy atom. The zero-order chi connectivity index (χ0) is 9.40. The minimum atomic E-state index is 0.554. The first-order chi connectivity index (χ1) is 5.76. The molecule has 0 radical (unpaired) electrons. The van der Waals surface area contributed by atoms with Crippen LogP contribution < -0.4 is 0 Å². The number of methoxy groups -OCH3 is 1. The maximum absolute atomic E-state index is 5.30. The summed E-state index contributed by atoms with van der Waals surface area (Å²) in [6, 6.07) is 0. The maximum Gasteiger partial charge on any atom is 0.0596 e. The highest BCUT2D eigenvalue weighted by Crippen LogP contribution is 2.25. The van der Waals surface area contributed by atoms with E-state index >= 15 is 0 Å². The van der Waals surface area contributed by atoms with E-state index in [4.69, 9.17) is 4.74 Å². The lowest BCUT2D eigenvalue weighted by molar-refractivity contribution is 0.0310. The molecule has 1 heteroatoms. The first-order valence-electron chi connectivity index (χ1n) is 4.86. The van der Waals surface area contributed by atoms with E-state index in [1.54, 1.807) is 6.08 Å². The summed E-state index contributed by atoms with van der Waals surface area (Å²) in [5, 5.41) is 0. The Hall–Kier alpha value is -0.300. The van der Waals surface area contributed by atoms with Gasteiger partial charge in [-0.05, 0) is 25.7 Å². The van der Waals surface area contributed by atoms with Crippen LogP contribution in [0.2, 0.25) is 0 Å². The Kier molecular flexibility index (Phi) is 7.17. The Balaban J connectivity index is 0.000000354. The maximum atomic E-state index is 5.30. The van der Waals surface area contributed by atoms with Gasteiger partial charge in [0.15, 0.2) is 0 Å². The monoisotopic (exact) mass is 170 g/mol. The fourth-order valence-corrected chi connectivity index (χ4v) is 1.63. The van der Waals surface area contributed by atoms with Gasteiger partial charge in [-0.25, -0.2) is 0 Å². The highest BCUT2D eigenvalue weighted by Gasteiger charge is 2.19. The SMILES string of the molecule is C=CC.COC1CCCCC1C. The third-order valence-corrected chi connectivity index (χ3v) is 2.34. The number of ether oxygens (including phenoxy) is 1. The third kappa shape index (κ3) is 4.55. The van der Waals surface area contributed by atoms with Gasteiger partial charge in [0.05, 0.1) is 6.10 Å². The van der Waals surface area contributed by atoms with Crippen LogP contribution in [0.25, 0.3) is 0 Å². The summed E-state index contributed by atoms with van der Waals surface area (Å²) in [4.78, 5) is 0. The van der Waals surface area contributed by atoms with Gasteiger partial charge in [-0.2, -0.15) is 0 Å². The van der Waals surface area contributed by atoms with E-state index < -0.39 is 0 Å². The van der Waals surface area contributed by atoms with E-state index in [1.807, 2.05) is 14.0 Å². The molecular weight excluding hydrogens is 148 g/mol. The summed E-state index contributed by atoms with van der Waals surface area (Å²) in [5.41, 5.74) is 0. The van der Waals surface area contributed by atoms with Crippen LogP contribution in [0.3, 0.4) is 0 Å². The Labute approximate surface area is 76.8 Å². The zero-order valence-corrected chi connectivity index (χ0v) is 8.68. The van der Waals surface area contributed by atoms with Crippen molar-refractivity contribution in [3.05, 3.63) is 12.7 Å². The first kappa shape index (κ1) is 11.7. The predicted octanol–water partition coefficient (Wildman–Crippen LogP) is 3.40. The number of hydrogen-bond donors (Lipinski definition) is 0. The lowest BCUT2D eigenvalue weighted by Gasteiger charge is -2.26. The highest BCUT2D eigenvalue weighted by molar-refractivity contribution is 4.71. The average molecular weight is 170 g/mol. The van der Waals surface area contributed by atoms with Gasteiger partial charge in [-0.3, -0.25) is 0 Å². The summed E-state index contributed by atoms with van der Waals surface area (Å²) in [6.45, 7) is 7.54. The molecule has 0 N–H and O–H groups in total. The molecule has 0 bridgehead atoms. The third-order valence-electron chi connectivity index (χ3n) is 2.34. The lowest BCUT2D eigenvalue weighted by Crippen LogP contribution is -2.23. The van der Waals surface area contributed by atoms with E-state index in [-0.39, 0.29) is 0 Å². The normalized spacial score (nSPS) is 28.6. The molecule has 0 amide bonds. The molecule has 1 saturated carbocycles. The molecule has 0 saturated heterocycles. The molecule has 1 fully saturated rings. The zero-order valence-electron chi connectivity index (χ0n) is 8.68. The lowest BCUT2D eigenvalue weighted by atomic mass is 9.88. The van der Waals surface area contributed by atoms with Crippen molar-refractivity contribution in [2.24, 2.45) is 5.92 Å². The molecule has 0 aromatic rings. The molecule has 2 unspecified atom stereocenters. The second-order valence-corrected chi connectivity index (χ2v) is 3.44. The molecular formula is C11H22O. The fourth-order valence-electron chi connectivity index (χ4n) is 1.63. The van der Waals surface area contributed by atoms with E-state index in [0.717, 1.165) is 5.92 Å². The number of rotatable bonds is 1. The molecule has 1 rings (SSSR count). The van der Waals surface area contributed by atoms with Crippen LogP contribution in [0.1, 0.15) is 39.5 Å². The van der Waals surface area contributed by atoms with Gasteiger partial charge in [0.1, 0.15) is 0 Å². The standard InChI is InChI=1S/C8H16O.C3H6/c1-7-5-3-4-6-8(7)9-2;1-3-2/h7-8H,3-6H2,1-2H3;3H,1H2,2H3. The second-order valence-electron chi connectivity index (χ2n) is 3.44. The summed E-state index contributed by atoms with van der Waals surface area (Å²) < 4.78 is 5.30. The van der Waals surface area contributed by atoms with Crippen molar-refractivity contribution in [2.75, 3.05) is 7.11 Å². The minimum Gasteiger partial charge on any atom is -0.381 e. The summed E-state index contributed by atoms with van der Waals surface area (Å²) in [5.74, 6) is 0.795. The van der Waals surface area contributed by atoms with Crippen LogP contribution in [0, 0.1) is 5.92 Å². The van der Waals surface area contributed by atoms with E-state index in [0.29, 0.717) is 6.10 Å². The van der Waals surface area contributed by atoms with Crippen molar-refractivity contribution in [1.29, 1.82) is 0 Å². The quantitative estimate of drug-likeness (QED) is 0.548. The van der Waals surface area contributed by atoms with E-state index in [1.165, 1.54) is 25.7 Å². The van der Waals surface area contributed by atoms with Crippen LogP contribution >= 0.6 is 0 Å². The van der Waals surface area contributed by atoms with Crippen LogP contribution in [0.15, 0.2) is 12.7 Å². The van der Waals surface area contributed by atoms with Crippen molar-refractivity contribution in [1.82, 2.24) is 0 Å². The Morgan fingerprint density at radius 1 is 1.33 bits per heavy atom. The van der Waals surface area contributed by atoms with Gasteiger partial charge in [-0.15, -0.1) is 6.58 Å². The van der Waals surface area contributed by atoms with Gasteiger partial charge in [-0.1, -0.05) is 25.8 Å². The fraction of sp³-hybridized carbons (Fsp3) is 0.818. The van der Waals surface area contributed by atoms with Crippen molar-refractivity contribution in [3.63, 3.8) is 0 Å². The number of allylic oxidation sites excluding steroid dienone is 1. The summed E-state index contributed by atoms with van der Waals surface area (Å²) >= 11 is 0. The molecule has 72 valence electrons.